The van der Waals surface area contributed by atoms with E-state index in [0.29, 0.717) is 11.3 Å². The molecule has 6 rings (SSSR count). The van der Waals surface area contributed by atoms with Crippen LogP contribution in [-0.2, 0) is 10.3 Å². The van der Waals surface area contributed by atoms with E-state index in [2.05, 4.69) is 46.7 Å². The summed E-state index contributed by atoms with van der Waals surface area (Å²) in [4.78, 5) is 29.8. The Hall–Kier alpha value is -5.55. The second-order valence-corrected chi connectivity index (χ2v) is 10.1. The van der Waals surface area contributed by atoms with Gasteiger partial charge in [-0.1, -0.05) is 127 Å². The fraction of sp³-hybridized carbons (Fsp3) is 0.0541. The van der Waals surface area contributed by atoms with Crippen molar-refractivity contribution in [3.05, 3.63) is 180 Å². The van der Waals surface area contributed by atoms with Crippen molar-refractivity contribution in [2.75, 3.05) is 5.32 Å². The van der Waals surface area contributed by atoms with Gasteiger partial charge in [0.15, 0.2) is 0 Å². The van der Waals surface area contributed by atoms with Crippen LogP contribution >= 0.6 is 0 Å². The number of benzene rings is 5. The van der Waals surface area contributed by atoms with Gasteiger partial charge in [-0.15, -0.1) is 0 Å². The zero-order valence-corrected chi connectivity index (χ0v) is 23.1. The van der Waals surface area contributed by atoms with E-state index in [4.69, 9.17) is 0 Å². The van der Waals surface area contributed by atoms with E-state index in [9.17, 15) is 9.59 Å². The number of hydrogen-bond acceptors (Lipinski definition) is 3. The summed E-state index contributed by atoms with van der Waals surface area (Å²) in [6.45, 7) is 1.48. The second kappa shape index (κ2) is 11.5. The Labute approximate surface area is 245 Å². The number of carbonyl (C=O) groups is 2. The van der Waals surface area contributed by atoms with Crippen molar-refractivity contribution >= 4 is 17.4 Å². The van der Waals surface area contributed by atoms with Crippen LogP contribution in [0.1, 0.15) is 39.7 Å². The standard InChI is InChI=1S/C37H29N3O2/c1-27(41)39-34-19-11-12-30(24-34)28-20-22-29(23-21-28)36(42)35-25-40(26-38-35)37(31-13-5-2-6-14-31,32-15-7-3-8-16-32)33-17-9-4-10-18-33/h2-26H,1H3,(H,39,41). The summed E-state index contributed by atoms with van der Waals surface area (Å²) < 4.78 is 2.04. The van der Waals surface area contributed by atoms with Crippen LogP contribution in [0.15, 0.2) is 152 Å². The van der Waals surface area contributed by atoms with Gasteiger partial charge in [0, 0.05) is 24.4 Å². The summed E-state index contributed by atoms with van der Waals surface area (Å²) in [6, 6.07) is 46.0. The number of ketones is 1. The van der Waals surface area contributed by atoms with Crippen molar-refractivity contribution in [3.63, 3.8) is 0 Å². The molecule has 0 unspecified atom stereocenters. The van der Waals surface area contributed by atoms with Crippen molar-refractivity contribution in [3.8, 4) is 11.1 Å². The molecule has 0 bridgehead atoms. The number of anilines is 1. The highest BCUT2D eigenvalue weighted by Gasteiger charge is 2.38. The SMILES string of the molecule is CC(=O)Nc1cccc(-c2ccc(C(=O)c3cn(C(c4ccccc4)(c4ccccc4)c4ccccc4)cn3)cc2)c1. The Bertz CT molecular complexity index is 1730. The van der Waals surface area contributed by atoms with Crippen LogP contribution < -0.4 is 5.32 Å². The maximum Gasteiger partial charge on any atom is 0.221 e. The van der Waals surface area contributed by atoms with Crippen molar-refractivity contribution in [1.29, 1.82) is 0 Å². The molecule has 1 heterocycles. The molecule has 0 aliphatic rings. The molecular formula is C37H29N3O2. The van der Waals surface area contributed by atoms with E-state index in [1.807, 2.05) is 114 Å². The molecule has 1 aromatic heterocycles. The highest BCUT2D eigenvalue weighted by atomic mass is 16.1. The van der Waals surface area contributed by atoms with Crippen molar-refractivity contribution < 1.29 is 9.59 Å². The molecule has 0 spiro atoms. The van der Waals surface area contributed by atoms with Gasteiger partial charge in [0.05, 0.1) is 6.33 Å². The van der Waals surface area contributed by atoms with E-state index < -0.39 is 5.54 Å². The predicted molar refractivity (Wildman–Crippen MR) is 166 cm³/mol. The van der Waals surface area contributed by atoms with Gasteiger partial charge in [0.2, 0.25) is 11.7 Å². The number of aromatic nitrogens is 2. The van der Waals surface area contributed by atoms with Crippen LogP contribution in [0.5, 0.6) is 0 Å². The van der Waals surface area contributed by atoms with E-state index in [0.717, 1.165) is 33.5 Å². The number of amides is 1. The average Bonchev–Trinajstić information content (AvgIpc) is 3.53. The van der Waals surface area contributed by atoms with E-state index in [1.54, 1.807) is 6.33 Å². The van der Waals surface area contributed by atoms with E-state index in [1.165, 1.54) is 6.92 Å². The molecular weight excluding hydrogens is 518 g/mol. The molecule has 0 radical (unpaired) electrons. The largest absolute Gasteiger partial charge is 0.326 e. The molecule has 42 heavy (non-hydrogen) atoms. The minimum absolute atomic E-state index is 0.122. The number of nitrogens with one attached hydrogen (secondary N) is 1. The number of carbonyl (C=O) groups excluding carboxylic acids is 2. The Morgan fingerprint density at radius 1 is 0.643 bits per heavy atom. The number of imidazole rings is 1. The van der Waals surface area contributed by atoms with Crippen LogP contribution in [-0.4, -0.2) is 21.2 Å². The minimum Gasteiger partial charge on any atom is -0.326 e. The normalized spacial score (nSPS) is 11.2. The maximum absolute atomic E-state index is 13.7. The molecule has 6 aromatic rings. The van der Waals surface area contributed by atoms with E-state index >= 15 is 0 Å². The molecule has 0 fully saturated rings. The molecule has 0 saturated carbocycles. The van der Waals surface area contributed by atoms with Crippen LogP contribution in [0, 0.1) is 0 Å². The summed E-state index contributed by atoms with van der Waals surface area (Å²) in [6.07, 6.45) is 3.60. The van der Waals surface area contributed by atoms with Crippen molar-refractivity contribution in [2.24, 2.45) is 0 Å². The van der Waals surface area contributed by atoms with Gasteiger partial charge < -0.3 is 9.88 Å². The Balaban J connectivity index is 1.39. The Morgan fingerprint density at radius 2 is 1.19 bits per heavy atom. The first kappa shape index (κ1) is 26.7. The van der Waals surface area contributed by atoms with Crippen LogP contribution in [0.4, 0.5) is 5.69 Å². The van der Waals surface area contributed by atoms with Crippen LogP contribution in [0.2, 0.25) is 0 Å². The summed E-state index contributed by atoms with van der Waals surface area (Å²) in [5, 5.41) is 2.81. The van der Waals surface area contributed by atoms with Crippen molar-refractivity contribution in [2.45, 2.75) is 12.5 Å². The molecule has 0 aliphatic carbocycles. The van der Waals surface area contributed by atoms with Gasteiger partial charge in [-0.05, 0) is 39.9 Å². The quantitative estimate of drug-likeness (QED) is 0.158. The molecule has 1 N–H and O–H groups in total. The van der Waals surface area contributed by atoms with Gasteiger partial charge in [-0.2, -0.15) is 0 Å². The zero-order chi connectivity index (χ0) is 28.9. The Kier molecular flexibility index (Phi) is 7.31. The molecule has 0 atom stereocenters. The molecule has 0 aliphatic heterocycles. The fourth-order valence-electron chi connectivity index (χ4n) is 5.55. The zero-order valence-electron chi connectivity index (χ0n) is 23.1. The first-order chi connectivity index (χ1) is 20.6. The third-order valence-electron chi connectivity index (χ3n) is 7.44. The summed E-state index contributed by atoms with van der Waals surface area (Å²) >= 11 is 0. The molecule has 204 valence electrons. The average molecular weight is 548 g/mol. The van der Waals surface area contributed by atoms with Gasteiger partial charge in [-0.25, -0.2) is 4.98 Å². The molecule has 1 amide bonds. The highest BCUT2D eigenvalue weighted by molar-refractivity contribution is 6.07. The minimum atomic E-state index is -0.738. The molecule has 5 nitrogen and oxygen atoms in total. The van der Waals surface area contributed by atoms with Gasteiger partial charge in [-0.3, -0.25) is 9.59 Å². The molecule has 5 heteroatoms. The summed E-state index contributed by atoms with van der Waals surface area (Å²) in [7, 11) is 0. The molecule has 0 saturated heterocycles. The van der Waals surface area contributed by atoms with Gasteiger partial charge >= 0.3 is 0 Å². The maximum atomic E-state index is 13.7. The van der Waals surface area contributed by atoms with E-state index in [-0.39, 0.29) is 11.7 Å². The molecule has 5 aromatic carbocycles. The highest BCUT2D eigenvalue weighted by Crippen LogP contribution is 2.40. The first-order valence-corrected chi connectivity index (χ1v) is 13.8. The first-order valence-electron chi connectivity index (χ1n) is 13.8. The number of nitrogens with zero attached hydrogens (tertiary/aromatic N) is 2. The lowest BCUT2D eigenvalue weighted by atomic mass is 9.77. The topological polar surface area (TPSA) is 64.0 Å². The lowest BCUT2D eigenvalue weighted by Gasteiger charge is -2.37. The Morgan fingerprint density at radius 3 is 1.71 bits per heavy atom. The smallest absolute Gasteiger partial charge is 0.221 e. The second-order valence-electron chi connectivity index (χ2n) is 10.1. The fourth-order valence-corrected chi connectivity index (χ4v) is 5.55. The van der Waals surface area contributed by atoms with Gasteiger partial charge in [0.25, 0.3) is 0 Å². The predicted octanol–water partition coefficient (Wildman–Crippen LogP) is 7.58. The lowest BCUT2D eigenvalue weighted by Crippen LogP contribution is -2.37. The number of rotatable bonds is 8. The third-order valence-corrected chi connectivity index (χ3v) is 7.44. The summed E-state index contributed by atoms with van der Waals surface area (Å²) in [5.74, 6) is -0.279. The number of hydrogen-bond donors (Lipinski definition) is 1. The lowest BCUT2D eigenvalue weighted by molar-refractivity contribution is -0.114. The summed E-state index contributed by atoms with van der Waals surface area (Å²) in [5.41, 5.74) is 5.97. The van der Waals surface area contributed by atoms with Gasteiger partial charge in [0.1, 0.15) is 11.2 Å². The van der Waals surface area contributed by atoms with Crippen LogP contribution in [0.3, 0.4) is 0 Å². The van der Waals surface area contributed by atoms with Crippen molar-refractivity contribution in [1.82, 2.24) is 9.55 Å². The monoisotopic (exact) mass is 547 g/mol. The van der Waals surface area contributed by atoms with Crippen LogP contribution in [0.25, 0.3) is 11.1 Å². The third kappa shape index (κ3) is 5.04.